The van der Waals surface area contributed by atoms with Crippen molar-refractivity contribution < 1.29 is 4.79 Å². The van der Waals surface area contributed by atoms with E-state index in [1.807, 2.05) is 13.0 Å². The molecule has 0 aromatic rings. The van der Waals surface area contributed by atoms with Crippen LogP contribution in [0.3, 0.4) is 0 Å². The minimum absolute atomic E-state index is 0.00282. The van der Waals surface area contributed by atoms with E-state index in [1.54, 1.807) is 6.08 Å². The SMILES string of the molecule is C=CC1(CC(C)N=C=O)C=CC(C)=CC1. The molecule has 0 N–H and O–H groups in total. The third-order valence-corrected chi connectivity index (χ3v) is 2.84. The predicted molar refractivity (Wildman–Crippen MR) is 62.3 cm³/mol. The highest BCUT2D eigenvalue weighted by atomic mass is 16.1. The lowest BCUT2D eigenvalue weighted by Crippen LogP contribution is -2.21. The van der Waals surface area contributed by atoms with Crippen LogP contribution in [-0.2, 0) is 4.79 Å². The van der Waals surface area contributed by atoms with Gasteiger partial charge in [-0.3, -0.25) is 0 Å². The van der Waals surface area contributed by atoms with Gasteiger partial charge in [0.15, 0.2) is 0 Å². The molecule has 80 valence electrons. The summed E-state index contributed by atoms with van der Waals surface area (Å²) in [6, 6.07) is -0.00282. The van der Waals surface area contributed by atoms with Gasteiger partial charge in [0.1, 0.15) is 0 Å². The summed E-state index contributed by atoms with van der Waals surface area (Å²) in [6.07, 6.45) is 11.8. The Bertz CT molecular complexity index is 348. The topological polar surface area (TPSA) is 29.4 Å². The fraction of sp³-hybridized carbons (Fsp3) is 0.462. The Hall–Kier alpha value is -1.40. The minimum Gasteiger partial charge on any atom is -0.211 e. The van der Waals surface area contributed by atoms with E-state index < -0.39 is 0 Å². The van der Waals surface area contributed by atoms with E-state index in [0.717, 1.165) is 12.8 Å². The van der Waals surface area contributed by atoms with Crippen molar-refractivity contribution in [2.45, 2.75) is 32.7 Å². The lowest BCUT2D eigenvalue weighted by atomic mass is 9.76. The third kappa shape index (κ3) is 3.03. The van der Waals surface area contributed by atoms with Gasteiger partial charge in [0, 0.05) is 5.41 Å². The van der Waals surface area contributed by atoms with Crippen LogP contribution >= 0.6 is 0 Å². The monoisotopic (exact) mass is 203 g/mol. The first-order valence-corrected chi connectivity index (χ1v) is 5.18. The van der Waals surface area contributed by atoms with Gasteiger partial charge < -0.3 is 0 Å². The molecule has 0 saturated heterocycles. The van der Waals surface area contributed by atoms with Gasteiger partial charge in [-0.25, -0.2) is 9.79 Å². The van der Waals surface area contributed by atoms with Crippen LogP contribution < -0.4 is 0 Å². The van der Waals surface area contributed by atoms with Gasteiger partial charge in [0.2, 0.25) is 6.08 Å². The highest BCUT2D eigenvalue weighted by Crippen LogP contribution is 2.36. The number of rotatable bonds is 4. The molecule has 0 aromatic heterocycles. The molecule has 1 aliphatic rings. The molecular formula is C13H17NO. The summed E-state index contributed by atoms with van der Waals surface area (Å²) in [5.74, 6) is 0. The molecule has 1 aliphatic carbocycles. The zero-order valence-electron chi connectivity index (χ0n) is 9.36. The number of hydrogen-bond donors (Lipinski definition) is 0. The molecule has 0 bridgehead atoms. The summed E-state index contributed by atoms with van der Waals surface area (Å²) in [7, 11) is 0. The van der Waals surface area contributed by atoms with Crippen molar-refractivity contribution in [2.24, 2.45) is 10.4 Å². The Morgan fingerprint density at radius 1 is 1.80 bits per heavy atom. The van der Waals surface area contributed by atoms with Gasteiger partial charge in [-0.05, 0) is 26.7 Å². The van der Waals surface area contributed by atoms with Crippen LogP contribution in [0.4, 0.5) is 0 Å². The van der Waals surface area contributed by atoms with E-state index in [-0.39, 0.29) is 11.5 Å². The summed E-state index contributed by atoms with van der Waals surface area (Å²) in [5.41, 5.74) is 1.23. The first kappa shape index (κ1) is 11.7. The van der Waals surface area contributed by atoms with Gasteiger partial charge in [-0.1, -0.05) is 29.9 Å². The zero-order valence-corrected chi connectivity index (χ0v) is 9.36. The Balaban J connectivity index is 2.76. The molecule has 0 heterocycles. The molecule has 1 rings (SSSR count). The normalized spacial score (nSPS) is 26.4. The van der Waals surface area contributed by atoms with Crippen molar-refractivity contribution in [1.82, 2.24) is 0 Å². The third-order valence-electron chi connectivity index (χ3n) is 2.84. The average Bonchev–Trinajstić information content (AvgIpc) is 2.22. The van der Waals surface area contributed by atoms with E-state index in [4.69, 9.17) is 0 Å². The quantitative estimate of drug-likeness (QED) is 0.392. The lowest BCUT2D eigenvalue weighted by molar-refractivity contribution is 0.412. The minimum atomic E-state index is -0.0424. The second-order valence-corrected chi connectivity index (χ2v) is 4.20. The maximum absolute atomic E-state index is 10.2. The van der Waals surface area contributed by atoms with Crippen LogP contribution in [0, 0.1) is 5.41 Å². The number of aliphatic imine (C=N–C) groups is 1. The van der Waals surface area contributed by atoms with E-state index in [9.17, 15) is 4.79 Å². The summed E-state index contributed by atoms with van der Waals surface area (Å²) in [6.45, 7) is 7.88. The Morgan fingerprint density at radius 3 is 3.00 bits per heavy atom. The molecule has 0 fully saturated rings. The summed E-state index contributed by atoms with van der Waals surface area (Å²) in [5, 5.41) is 0. The number of hydrogen-bond acceptors (Lipinski definition) is 2. The summed E-state index contributed by atoms with van der Waals surface area (Å²) < 4.78 is 0. The van der Waals surface area contributed by atoms with Crippen molar-refractivity contribution in [1.29, 1.82) is 0 Å². The first-order valence-electron chi connectivity index (χ1n) is 5.18. The second kappa shape index (κ2) is 4.90. The fourth-order valence-corrected chi connectivity index (χ4v) is 1.86. The predicted octanol–water partition coefficient (Wildman–Crippen LogP) is 3.18. The maximum atomic E-state index is 10.2. The Morgan fingerprint density at radius 2 is 2.53 bits per heavy atom. The Labute approximate surface area is 91.1 Å². The average molecular weight is 203 g/mol. The van der Waals surface area contributed by atoms with Crippen LogP contribution in [0.5, 0.6) is 0 Å². The Kier molecular flexibility index (Phi) is 3.81. The van der Waals surface area contributed by atoms with Crippen LogP contribution in [0.25, 0.3) is 0 Å². The van der Waals surface area contributed by atoms with Crippen molar-refractivity contribution in [3.8, 4) is 0 Å². The van der Waals surface area contributed by atoms with Crippen molar-refractivity contribution in [3.63, 3.8) is 0 Å². The van der Waals surface area contributed by atoms with E-state index in [1.165, 1.54) is 5.57 Å². The van der Waals surface area contributed by atoms with E-state index in [0.29, 0.717) is 0 Å². The molecule has 2 atom stereocenters. The molecule has 0 aliphatic heterocycles. The molecule has 0 spiro atoms. The zero-order chi connectivity index (χ0) is 11.3. The molecule has 15 heavy (non-hydrogen) atoms. The number of allylic oxidation sites excluding steroid dienone is 5. The molecule has 0 aromatic carbocycles. The number of nitrogens with zero attached hydrogens (tertiary/aromatic N) is 1. The largest absolute Gasteiger partial charge is 0.235 e. The van der Waals surface area contributed by atoms with Gasteiger partial charge >= 0.3 is 0 Å². The molecule has 0 radical (unpaired) electrons. The standard InChI is InChI=1S/C13H17NO/c1-4-13(9-12(3)14-10-15)7-5-11(2)6-8-13/h4-7,12H,1,8-9H2,2-3H3. The van der Waals surface area contributed by atoms with Crippen LogP contribution in [0.2, 0.25) is 0 Å². The van der Waals surface area contributed by atoms with E-state index >= 15 is 0 Å². The smallest absolute Gasteiger partial charge is 0.211 e. The van der Waals surface area contributed by atoms with Crippen molar-refractivity contribution in [2.75, 3.05) is 0 Å². The van der Waals surface area contributed by atoms with Crippen LogP contribution in [0.15, 0.2) is 41.4 Å². The highest BCUT2D eigenvalue weighted by Gasteiger charge is 2.26. The second-order valence-electron chi connectivity index (χ2n) is 4.20. The summed E-state index contributed by atoms with van der Waals surface area (Å²) >= 11 is 0. The van der Waals surface area contributed by atoms with Gasteiger partial charge in [-0.15, -0.1) is 6.58 Å². The summed E-state index contributed by atoms with van der Waals surface area (Å²) in [4.78, 5) is 13.9. The van der Waals surface area contributed by atoms with E-state index in [2.05, 4.69) is 36.7 Å². The van der Waals surface area contributed by atoms with Gasteiger partial charge in [0.25, 0.3) is 0 Å². The van der Waals surface area contributed by atoms with Gasteiger partial charge in [0.05, 0.1) is 6.04 Å². The fourth-order valence-electron chi connectivity index (χ4n) is 1.86. The molecule has 2 nitrogen and oxygen atoms in total. The van der Waals surface area contributed by atoms with Gasteiger partial charge in [-0.2, -0.15) is 0 Å². The van der Waals surface area contributed by atoms with Crippen LogP contribution in [-0.4, -0.2) is 12.1 Å². The first-order chi connectivity index (χ1) is 7.12. The highest BCUT2D eigenvalue weighted by molar-refractivity contribution is 5.34. The van der Waals surface area contributed by atoms with Crippen molar-refractivity contribution >= 4 is 6.08 Å². The molecule has 2 unspecified atom stereocenters. The molecule has 0 saturated carbocycles. The van der Waals surface area contributed by atoms with Crippen molar-refractivity contribution in [3.05, 3.63) is 36.5 Å². The lowest BCUT2D eigenvalue weighted by Gasteiger charge is -2.29. The molecule has 2 heteroatoms. The number of carbonyl (C=O) groups excluding carboxylic acids is 1. The maximum Gasteiger partial charge on any atom is 0.235 e. The van der Waals surface area contributed by atoms with Crippen LogP contribution in [0.1, 0.15) is 26.7 Å². The molecular weight excluding hydrogens is 186 g/mol. The molecule has 0 amide bonds. The number of isocyanates is 1.